The Morgan fingerprint density at radius 1 is 0.575 bits per heavy atom. The average molecular weight is 559 g/mol. The molecule has 0 fully saturated rings. The van der Waals surface area contributed by atoms with Crippen LogP contribution in [0.1, 0.15) is 162 Å². The predicted octanol–water partition coefficient (Wildman–Crippen LogP) is 11.2. The van der Waals surface area contributed by atoms with Crippen molar-refractivity contribution in [3.05, 3.63) is 48.6 Å². The molecular formula is C36H62O4. The number of carboxylic acid groups (broad SMARTS) is 1. The van der Waals surface area contributed by atoms with Gasteiger partial charge in [-0.25, -0.2) is 0 Å². The van der Waals surface area contributed by atoms with Crippen molar-refractivity contribution in [1.29, 1.82) is 0 Å². The van der Waals surface area contributed by atoms with Gasteiger partial charge < -0.3 is 9.84 Å². The molecule has 0 saturated heterocycles. The lowest BCUT2D eigenvalue weighted by Crippen LogP contribution is -2.18. The molecule has 0 spiro atoms. The summed E-state index contributed by atoms with van der Waals surface area (Å²) in [6.45, 7) is 4.32. The number of carboxylic acids is 1. The third kappa shape index (κ3) is 30.4. The first-order valence-electron chi connectivity index (χ1n) is 16.6. The maximum atomic E-state index is 12.3. The third-order valence-corrected chi connectivity index (χ3v) is 7.05. The molecule has 0 aromatic carbocycles. The number of hydrogen-bond donors (Lipinski definition) is 1. The zero-order valence-electron chi connectivity index (χ0n) is 26.1. The Hall–Kier alpha value is -2.10. The maximum absolute atomic E-state index is 12.3. The van der Waals surface area contributed by atoms with Crippen LogP contribution in [0, 0.1) is 0 Å². The van der Waals surface area contributed by atoms with Crippen molar-refractivity contribution in [3.63, 3.8) is 0 Å². The Balaban J connectivity index is 3.69. The fraction of sp³-hybridized carbons (Fsp3) is 0.722. The summed E-state index contributed by atoms with van der Waals surface area (Å²) in [5.41, 5.74) is 0. The minimum Gasteiger partial charge on any atom is -0.481 e. The summed E-state index contributed by atoms with van der Waals surface area (Å²) in [5.74, 6) is -0.699. The zero-order valence-corrected chi connectivity index (χ0v) is 26.1. The van der Waals surface area contributed by atoms with Gasteiger partial charge >= 0.3 is 11.9 Å². The highest BCUT2D eigenvalue weighted by Gasteiger charge is 2.13. The van der Waals surface area contributed by atoms with Gasteiger partial charge in [-0.3, -0.25) is 9.59 Å². The summed E-state index contributed by atoms with van der Waals surface area (Å²) >= 11 is 0. The van der Waals surface area contributed by atoms with Crippen molar-refractivity contribution in [2.24, 2.45) is 0 Å². The molecule has 230 valence electrons. The van der Waals surface area contributed by atoms with Gasteiger partial charge in [-0.05, 0) is 70.6 Å². The zero-order chi connectivity index (χ0) is 29.4. The van der Waals surface area contributed by atoms with E-state index in [0.29, 0.717) is 12.8 Å². The molecule has 0 rings (SSSR count). The third-order valence-electron chi connectivity index (χ3n) is 7.05. The molecule has 0 radical (unpaired) electrons. The van der Waals surface area contributed by atoms with Crippen molar-refractivity contribution in [2.45, 2.75) is 168 Å². The number of allylic oxidation sites excluding steroid dienone is 8. The molecule has 0 amide bonds. The highest BCUT2D eigenvalue weighted by molar-refractivity contribution is 5.69. The summed E-state index contributed by atoms with van der Waals surface area (Å²) < 4.78 is 5.82. The predicted molar refractivity (Wildman–Crippen MR) is 172 cm³/mol. The van der Waals surface area contributed by atoms with E-state index in [1.807, 2.05) is 0 Å². The van der Waals surface area contributed by atoms with Gasteiger partial charge in [0.1, 0.15) is 6.10 Å². The molecular weight excluding hydrogens is 496 g/mol. The molecule has 0 aromatic heterocycles. The van der Waals surface area contributed by atoms with Gasteiger partial charge in [0.25, 0.3) is 0 Å². The second-order valence-electron chi connectivity index (χ2n) is 11.0. The highest BCUT2D eigenvalue weighted by Crippen LogP contribution is 2.17. The van der Waals surface area contributed by atoms with E-state index in [1.54, 1.807) is 0 Å². The van der Waals surface area contributed by atoms with Gasteiger partial charge in [0.05, 0.1) is 0 Å². The summed E-state index contributed by atoms with van der Waals surface area (Å²) in [5, 5.41) is 8.65. The number of rotatable bonds is 29. The van der Waals surface area contributed by atoms with E-state index in [4.69, 9.17) is 9.84 Å². The Morgan fingerprint density at radius 2 is 1.05 bits per heavy atom. The summed E-state index contributed by atoms with van der Waals surface area (Å²) in [6.07, 6.45) is 41.8. The SMILES string of the molecule is CC/C=C\C/C=C\C/C=C\C/C=C\CCCCC(=O)OC(CCC)CCCCCCCCCCCCCC(=O)O. The molecule has 0 aromatic rings. The molecule has 40 heavy (non-hydrogen) atoms. The standard InChI is InChI=1S/C36H62O4/c1-3-5-6-7-8-9-10-11-12-13-17-20-23-26-29-33-36(39)40-34(30-4-2)31-27-24-21-18-15-14-16-19-22-25-28-32-35(37)38/h5-6,8-9,11-12,17,20,34H,3-4,7,10,13-16,18-19,21-33H2,1-2H3,(H,37,38)/b6-5-,9-8-,12-11-,20-17-. The van der Waals surface area contributed by atoms with Gasteiger partial charge in [-0.2, -0.15) is 0 Å². The highest BCUT2D eigenvalue weighted by atomic mass is 16.5. The Morgan fingerprint density at radius 3 is 1.57 bits per heavy atom. The van der Waals surface area contributed by atoms with Crippen LogP contribution in [0.5, 0.6) is 0 Å². The first kappa shape index (κ1) is 37.9. The maximum Gasteiger partial charge on any atom is 0.306 e. The summed E-state index contributed by atoms with van der Waals surface area (Å²) in [4.78, 5) is 22.8. The number of unbranched alkanes of at least 4 members (excludes halogenated alkanes) is 12. The molecule has 0 aliphatic heterocycles. The monoisotopic (exact) mass is 558 g/mol. The lowest BCUT2D eigenvalue weighted by Gasteiger charge is -2.17. The fourth-order valence-corrected chi connectivity index (χ4v) is 4.70. The Kier molecular flexibility index (Phi) is 29.8. The summed E-state index contributed by atoms with van der Waals surface area (Å²) in [7, 11) is 0. The van der Waals surface area contributed by atoms with Gasteiger partial charge in [-0.15, -0.1) is 0 Å². The number of hydrogen-bond acceptors (Lipinski definition) is 3. The molecule has 0 aliphatic rings. The molecule has 1 atom stereocenters. The molecule has 1 N–H and O–H groups in total. The van der Waals surface area contributed by atoms with Crippen LogP contribution in [0.2, 0.25) is 0 Å². The van der Waals surface area contributed by atoms with Crippen molar-refractivity contribution in [2.75, 3.05) is 0 Å². The topological polar surface area (TPSA) is 63.6 Å². The minimum absolute atomic E-state index is 0.0217. The van der Waals surface area contributed by atoms with Crippen molar-refractivity contribution in [3.8, 4) is 0 Å². The van der Waals surface area contributed by atoms with Crippen molar-refractivity contribution >= 4 is 11.9 Å². The van der Waals surface area contributed by atoms with E-state index < -0.39 is 5.97 Å². The van der Waals surface area contributed by atoms with Crippen molar-refractivity contribution < 1.29 is 19.4 Å². The molecule has 0 heterocycles. The second kappa shape index (κ2) is 31.4. The number of carbonyl (C=O) groups excluding carboxylic acids is 1. The van der Waals surface area contributed by atoms with E-state index in [2.05, 4.69) is 62.5 Å². The quantitative estimate of drug-likeness (QED) is 0.0563. The second-order valence-corrected chi connectivity index (χ2v) is 11.0. The van der Waals surface area contributed by atoms with Crippen LogP contribution >= 0.6 is 0 Å². The Bertz CT molecular complexity index is 689. The Labute approximate surface area is 247 Å². The van der Waals surface area contributed by atoms with Crippen LogP contribution < -0.4 is 0 Å². The number of esters is 1. The first-order chi connectivity index (χ1) is 19.6. The molecule has 1 unspecified atom stereocenters. The lowest BCUT2D eigenvalue weighted by atomic mass is 10.0. The molecule has 0 bridgehead atoms. The van der Waals surface area contributed by atoms with Crippen LogP contribution in [-0.2, 0) is 14.3 Å². The van der Waals surface area contributed by atoms with Crippen molar-refractivity contribution in [1.82, 2.24) is 0 Å². The molecule has 4 nitrogen and oxygen atoms in total. The van der Waals surface area contributed by atoms with E-state index >= 15 is 0 Å². The molecule has 0 saturated carbocycles. The van der Waals surface area contributed by atoms with E-state index in [-0.39, 0.29) is 12.1 Å². The lowest BCUT2D eigenvalue weighted by molar-refractivity contribution is -0.150. The van der Waals surface area contributed by atoms with E-state index in [1.165, 1.54) is 44.9 Å². The van der Waals surface area contributed by atoms with Gasteiger partial charge in [-0.1, -0.05) is 127 Å². The number of aliphatic carboxylic acids is 1. The molecule has 4 heteroatoms. The van der Waals surface area contributed by atoms with Gasteiger partial charge in [0, 0.05) is 12.8 Å². The van der Waals surface area contributed by atoms with Gasteiger partial charge in [0.2, 0.25) is 0 Å². The summed E-state index contributed by atoms with van der Waals surface area (Å²) in [6, 6.07) is 0. The normalized spacial score (nSPS) is 12.8. The average Bonchev–Trinajstić information content (AvgIpc) is 2.93. The van der Waals surface area contributed by atoms with Gasteiger partial charge in [0.15, 0.2) is 0 Å². The minimum atomic E-state index is -0.677. The fourth-order valence-electron chi connectivity index (χ4n) is 4.70. The smallest absolute Gasteiger partial charge is 0.306 e. The van der Waals surface area contributed by atoms with E-state index in [0.717, 1.165) is 89.9 Å². The number of ether oxygens (including phenoxy) is 1. The number of carbonyl (C=O) groups is 2. The largest absolute Gasteiger partial charge is 0.481 e. The van der Waals surface area contributed by atoms with Crippen LogP contribution in [0.25, 0.3) is 0 Å². The first-order valence-corrected chi connectivity index (χ1v) is 16.6. The molecule has 0 aliphatic carbocycles. The van der Waals surface area contributed by atoms with Crippen LogP contribution in [0.3, 0.4) is 0 Å². The van der Waals surface area contributed by atoms with Crippen LogP contribution in [-0.4, -0.2) is 23.1 Å². The van der Waals surface area contributed by atoms with Crippen LogP contribution in [0.4, 0.5) is 0 Å². The van der Waals surface area contributed by atoms with Crippen LogP contribution in [0.15, 0.2) is 48.6 Å². The van der Waals surface area contributed by atoms with E-state index in [9.17, 15) is 9.59 Å².